The van der Waals surface area contributed by atoms with E-state index in [9.17, 15) is 0 Å². The highest BCUT2D eigenvalue weighted by atomic mass is 79.9. The highest BCUT2D eigenvalue weighted by Crippen LogP contribution is 2.27. The molecule has 0 spiro atoms. The second-order valence-corrected chi connectivity index (χ2v) is 7.00. The van der Waals surface area contributed by atoms with Crippen LogP contribution >= 0.6 is 27.7 Å². The third-order valence-corrected chi connectivity index (χ3v) is 4.88. The van der Waals surface area contributed by atoms with Gasteiger partial charge in [-0.3, -0.25) is 4.90 Å². The van der Waals surface area contributed by atoms with E-state index in [2.05, 4.69) is 63.8 Å². The van der Waals surface area contributed by atoms with E-state index in [1.807, 2.05) is 0 Å². The molecule has 1 aliphatic heterocycles. The largest absolute Gasteiger partial charge is 0.326 e. The number of hydrogen-bond donors (Lipinski definition) is 1. The highest BCUT2D eigenvalue weighted by Gasteiger charge is 2.24. The van der Waals surface area contributed by atoms with Crippen molar-refractivity contribution in [2.45, 2.75) is 25.4 Å². The van der Waals surface area contributed by atoms with E-state index in [-0.39, 0.29) is 6.04 Å². The quantitative estimate of drug-likeness (QED) is 0.923. The minimum Gasteiger partial charge on any atom is -0.326 e. The molecule has 2 nitrogen and oxygen atoms in total. The van der Waals surface area contributed by atoms with Gasteiger partial charge in [0, 0.05) is 28.9 Å². The Kier molecular flexibility index (Phi) is 5.55. The topological polar surface area (TPSA) is 29.3 Å². The van der Waals surface area contributed by atoms with E-state index >= 15 is 0 Å². The average molecular weight is 329 g/mol. The van der Waals surface area contributed by atoms with Gasteiger partial charge in [0.25, 0.3) is 0 Å². The van der Waals surface area contributed by atoms with Gasteiger partial charge in [-0.25, -0.2) is 0 Å². The zero-order valence-electron chi connectivity index (χ0n) is 10.8. The van der Waals surface area contributed by atoms with E-state index in [0.717, 1.165) is 17.6 Å². The van der Waals surface area contributed by atoms with Gasteiger partial charge in [0.05, 0.1) is 0 Å². The van der Waals surface area contributed by atoms with Crippen molar-refractivity contribution in [3.63, 3.8) is 0 Å². The van der Waals surface area contributed by atoms with Gasteiger partial charge in [0.2, 0.25) is 0 Å². The number of halogens is 1. The number of thioether (sulfide) groups is 1. The molecule has 0 saturated carbocycles. The molecular weight excluding hydrogens is 308 g/mol. The fourth-order valence-corrected chi connectivity index (χ4v) is 3.90. The summed E-state index contributed by atoms with van der Waals surface area (Å²) < 4.78 is 1.13. The molecule has 100 valence electrons. The van der Waals surface area contributed by atoms with Crippen LogP contribution in [0.15, 0.2) is 28.7 Å². The Hall–Kier alpha value is -0.0300. The van der Waals surface area contributed by atoms with Gasteiger partial charge in [-0.05, 0) is 43.3 Å². The molecular formula is C14H21BrN2S. The fourth-order valence-electron chi connectivity index (χ4n) is 2.58. The van der Waals surface area contributed by atoms with E-state index < -0.39 is 0 Å². The molecule has 1 heterocycles. The Morgan fingerprint density at radius 3 is 2.89 bits per heavy atom. The predicted octanol–water partition coefficient (Wildman–Crippen LogP) is 3.28. The summed E-state index contributed by atoms with van der Waals surface area (Å²) in [6.07, 6.45) is 1.27. The summed E-state index contributed by atoms with van der Waals surface area (Å²) in [4.78, 5) is 2.55. The number of rotatable bonds is 3. The van der Waals surface area contributed by atoms with Crippen LogP contribution < -0.4 is 5.73 Å². The predicted molar refractivity (Wildman–Crippen MR) is 84.0 cm³/mol. The van der Waals surface area contributed by atoms with Crippen LogP contribution in [0.2, 0.25) is 0 Å². The highest BCUT2D eigenvalue weighted by molar-refractivity contribution is 9.10. The normalized spacial score (nSPS) is 21.3. The molecule has 0 amide bonds. The molecule has 2 atom stereocenters. The first kappa shape index (κ1) is 14.4. The Bertz CT molecular complexity index is 376. The molecule has 1 aromatic rings. The Morgan fingerprint density at radius 2 is 2.17 bits per heavy atom. The zero-order valence-corrected chi connectivity index (χ0v) is 13.2. The number of nitrogens with two attached hydrogens (primary N) is 1. The zero-order chi connectivity index (χ0) is 13.0. The summed E-state index contributed by atoms with van der Waals surface area (Å²) in [5.41, 5.74) is 7.56. The summed E-state index contributed by atoms with van der Waals surface area (Å²) in [5, 5.41) is 0. The smallest absolute Gasteiger partial charge is 0.0497 e. The van der Waals surface area contributed by atoms with Crippen molar-refractivity contribution in [2.75, 3.05) is 24.6 Å². The van der Waals surface area contributed by atoms with E-state index in [1.54, 1.807) is 0 Å². The van der Waals surface area contributed by atoms with Crippen LogP contribution in [0.25, 0.3) is 0 Å². The third-order valence-electron chi connectivity index (χ3n) is 3.34. The lowest BCUT2D eigenvalue weighted by molar-refractivity contribution is 0.190. The van der Waals surface area contributed by atoms with Crippen molar-refractivity contribution in [3.8, 4) is 0 Å². The molecule has 0 aromatic heterocycles. The monoisotopic (exact) mass is 328 g/mol. The van der Waals surface area contributed by atoms with Crippen molar-refractivity contribution in [2.24, 2.45) is 5.73 Å². The SMILES string of the molecule is CC(N)C(c1cccc(Br)c1)N1CCCSCC1. The van der Waals surface area contributed by atoms with Gasteiger partial charge in [-0.1, -0.05) is 28.1 Å². The third kappa shape index (κ3) is 3.73. The molecule has 1 aliphatic rings. The van der Waals surface area contributed by atoms with Gasteiger partial charge in [-0.15, -0.1) is 0 Å². The van der Waals surface area contributed by atoms with Crippen molar-refractivity contribution in [3.05, 3.63) is 34.3 Å². The summed E-state index contributed by atoms with van der Waals surface area (Å²) in [6, 6.07) is 9.05. The van der Waals surface area contributed by atoms with Gasteiger partial charge in [-0.2, -0.15) is 11.8 Å². The standard InChI is InChI=1S/C14H21BrN2S/c1-11(16)14(12-4-2-5-13(15)10-12)17-6-3-8-18-9-7-17/h2,4-5,10-11,14H,3,6-9,16H2,1H3. The van der Waals surface area contributed by atoms with Crippen LogP contribution in [0.4, 0.5) is 0 Å². The van der Waals surface area contributed by atoms with Crippen molar-refractivity contribution < 1.29 is 0 Å². The van der Waals surface area contributed by atoms with Crippen LogP contribution in [0.5, 0.6) is 0 Å². The molecule has 2 unspecified atom stereocenters. The summed E-state index contributed by atoms with van der Waals surface area (Å²) in [5.74, 6) is 2.50. The van der Waals surface area contributed by atoms with Crippen LogP contribution in [-0.4, -0.2) is 35.5 Å². The van der Waals surface area contributed by atoms with Crippen molar-refractivity contribution in [1.29, 1.82) is 0 Å². The van der Waals surface area contributed by atoms with Gasteiger partial charge >= 0.3 is 0 Å². The number of nitrogens with zero attached hydrogens (tertiary/aromatic N) is 1. The van der Waals surface area contributed by atoms with Crippen LogP contribution in [0, 0.1) is 0 Å². The number of hydrogen-bond acceptors (Lipinski definition) is 3. The second kappa shape index (κ2) is 6.94. The molecule has 1 fully saturated rings. The molecule has 1 saturated heterocycles. The fraction of sp³-hybridized carbons (Fsp3) is 0.571. The molecule has 2 rings (SSSR count). The molecule has 0 radical (unpaired) electrons. The molecule has 18 heavy (non-hydrogen) atoms. The van der Waals surface area contributed by atoms with Gasteiger partial charge in [0.15, 0.2) is 0 Å². The van der Waals surface area contributed by atoms with Crippen LogP contribution in [0.3, 0.4) is 0 Å². The van der Waals surface area contributed by atoms with E-state index in [1.165, 1.54) is 23.5 Å². The molecule has 0 aliphatic carbocycles. The molecule has 2 N–H and O–H groups in total. The second-order valence-electron chi connectivity index (χ2n) is 4.86. The van der Waals surface area contributed by atoms with Gasteiger partial charge < -0.3 is 5.73 Å². The van der Waals surface area contributed by atoms with E-state index in [0.29, 0.717) is 6.04 Å². The summed E-state index contributed by atoms with van der Waals surface area (Å²) >= 11 is 5.61. The maximum Gasteiger partial charge on any atom is 0.0497 e. The number of benzene rings is 1. The Balaban J connectivity index is 2.21. The maximum atomic E-state index is 6.24. The van der Waals surface area contributed by atoms with Crippen LogP contribution in [-0.2, 0) is 0 Å². The molecule has 4 heteroatoms. The Labute approximate surface area is 122 Å². The molecule has 1 aromatic carbocycles. The lowest BCUT2D eigenvalue weighted by atomic mass is 9.99. The molecule has 0 bridgehead atoms. The average Bonchev–Trinajstić information content (AvgIpc) is 2.58. The minimum absolute atomic E-state index is 0.155. The Morgan fingerprint density at radius 1 is 1.33 bits per heavy atom. The van der Waals surface area contributed by atoms with E-state index in [4.69, 9.17) is 5.73 Å². The lowest BCUT2D eigenvalue weighted by Gasteiger charge is -2.33. The summed E-state index contributed by atoms with van der Waals surface area (Å²) in [6.45, 7) is 4.42. The minimum atomic E-state index is 0.155. The first-order valence-electron chi connectivity index (χ1n) is 6.51. The van der Waals surface area contributed by atoms with Crippen LogP contribution in [0.1, 0.15) is 24.9 Å². The van der Waals surface area contributed by atoms with Crippen molar-refractivity contribution >= 4 is 27.7 Å². The maximum absolute atomic E-state index is 6.24. The first-order valence-corrected chi connectivity index (χ1v) is 8.46. The summed E-state index contributed by atoms with van der Waals surface area (Å²) in [7, 11) is 0. The lowest BCUT2D eigenvalue weighted by Crippen LogP contribution is -2.40. The first-order chi connectivity index (χ1) is 8.68. The van der Waals surface area contributed by atoms with Gasteiger partial charge in [0.1, 0.15) is 0 Å². The van der Waals surface area contributed by atoms with Crippen molar-refractivity contribution in [1.82, 2.24) is 4.90 Å².